The van der Waals surface area contributed by atoms with E-state index in [1.807, 2.05) is 6.92 Å². The summed E-state index contributed by atoms with van der Waals surface area (Å²) in [6.07, 6.45) is 17.5. The average molecular weight is 255 g/mol. The molecule has 0 aromatic carbocycles. The van der Waals surface area contributed by atoms with Crippen LogP contribution in [0.2, 0.25) is 0 Å². The van der Waals surface area contributed by atoms with E-state index in [1.165, 1.54) is 77.0 Å². The summed E-state index contributed by atoms with van der Waals surface area (Å²) in [6, 6.07) is 0. The second-order valence-electron chi connectivity index (χ2n) is 5.47. The minimum Gasteiger partial charge on any atom is -0.411 e. The first-order valence-corrected chi connectivity index (χ1v) is 7.98. The maximum absolute atomic E-state index is 8.50. The van der Waals surface area contributed by atoms with Gasteiger partial charge in [0.05, 0.1) is 5.71 Å². The molecule has 0 fully saturated rings. The van der Waals surface area contributed by atoms with Crippen molar-refractivity contribution in [1.29, 1.82) is 0 Å². The van der Waals surface area contributed by atoms with Crippen LogP contribution in [0.15, 0.2) is 5.16 Å². The number of hydrogen-bond acceptors (Lipinski definition) is 2. The van der Waals surface area contributed by atoms with Crippen LogP contribution in [0, 0.1) is 0 Å². The Morgan fingerprint density at radius 1 is 0.722 bits per heavy atom. The first-order chi connectivity index (χ1) is 8.81. The molecule has 0 aliphatic heterocycles. The van der Waals surface area contributed by atoms with E-state index in [2.05, 4.69) is 12.1 Å². The van der Waals surface area contributed by atoms with E-state index in [1.54, 1.807) is 0 Å². The normalized spacial score (nSPS) is 12.0. The largest absolute Gasteiger partial charge is 0.411 e. The molecular formula is C16H33NO. The molecular weight excluding hydrogens is 222 g/mol. The summed E-state index contributed by atoms with van der Waals surface area (Å²) in [5.41, 5.74) is 0.863. The minimum atomic E-state index is 0.863. The zero-order chi connectivity index (χ0) is 13.5. The van der Waals surface area contributed by atoms with Gasteiger partial charge in [-0.2, -0.15) is 0 Å². The fourth-order valence-electron chi connectivity index (χ4n) is 2.27. The summed E-state index contributed by atoms with van der Waals surface area (Å²) in [5, 5.41) is 11.7. The lowest BCUT2D eigenvalue weighted by Gasteiger charge is -2.02. The molecule has 0 rings (SSSR count). The predicted octanol–water partition coefficient (Wildman–Crippen LogP) is 5.93. The number of unbranched alkanes of at least 4 members (excludes halogenated alkanes) is 11. The molecule has 0 saturated heterocycles. The molecule has 0 amide bonds. The van der Waals surface area contributed by atoms with Gasteiger partial charge in [-0.1, -0.05) is 82.7 Å². The van der Waals surface area contributed by atoms with Crippen molar-refractivity contribution in [3.8, 4) is 0 Å². The van der Waals surface area contributed by atoms with E-state index in [0.717, 1.165) is 12.1 Å². The van der Waals surface area contributed by atoms with Crippen molar-refractivity contribution in [2.75, 3.05) is 0 Å². The Labute approximate surface area is 114 Å². The van der Waals surface area contributed by atoms with E-state index in [9.17, 15) is 0 Å². The van der Waals surface area contributed by atoms with Crippen molar-refractivity contribution in [3.63, 3.8) is 0 Å². The molecule has 0 saturated carbocycles. The van der Waals surface area contributed by atoms with Crippen LogP contribution in [0.25, 0.3) is 0 Å². The summed E-state index contributed by atoms with van der Waals surface area (Å²) in [7, 11) is 0. The molecule has 0 unspecified atom stereocenters. The third-order valence-corrected chi connectivity index (χ3v) is 3.56. The molecule has 0 atom stereocenters. The van der Waals surface area contributed by atoms with Crippen molar-refractivity contribution in [2.45, 2.75) is 97.3 Å². The summed E-state index contributed by atoms with van der Waals surface area (Å²) < 4.78 is 0. The Morgan fingerprint density at radius 3 is 1.50 bits per heavy atom. The summed E-state index contributed by atoms with van der Waals surface area (Å²) in [6.45, 7) is 4.16. The Morgan fingerprint density at radius 2 is 1.11 bits per heavy atom. The van der Waals surface area contributed by atoms with Crippen LogP contribution in [0.4, 0.5) is 0 Å². The third-order valence-electron chi connectivity index (χ3n) is 3.56. The molecule has 0 aromatic rings. The molecule has 0 radical (unpaired) electrons. The van der Waals surface area contributed by atoms with Gasteiger partial charge in [-0.15, -0.1) is 0 Å². The van der Waals surface area contributed by atoms with Crippen molar-refractivity contribution in [1.82, 2.24) is 0 Å². The highest BCUT2D eigenvalue weighted by Gasteiger charge is 1.95. The van der Waals surface area contributed by atoms with Gasteiger partial charge in [0.1, 0.15) is 0 Å². The Kier molecular flexibility index (Phi) is 14.1. The summed E-state index contributed by atoms with van der Waals surface area (Å²) in [4.78, 5) is 0. The van der Waals surface area contributed by atoms with Gasteiger partial charge in [-0.25, -0.2) is 0 Å². The SMILES string of the molecule is CCCCCCCCCCCCCC/C(C)=N/O. The molecule has 0 spiro atoms. The summed E-state index contributed by atoms with van der Waals surface area (Å²) >= 11 is 0. The first-order valence-electron chi connectivity index (χ1n) is 7.98. The minimum absolute atomic E-state index is 0.863. The Bertz CT molecular complexity index is 190. The second kappa shape index (κ2) is 14.5. The van der Waals surface area contributed by atoms with Gasteiger partial charge >= 0.3 is 0 Å². The third kappa shape index (κ3) is 13.5. The Hall–Kier alpha value is -0.530. The maximum Gasteiger partial charge on any atom is 0.0540 e. The van der Waals surface area contributed by atoms with Crippen LogP contribution in [-0.4, -0.2) is 10.9 Å². The second-order valence-corrected chi connectivity index (χ2v) is 5.47. The standard InChI is InChI=1S/C16H33NO/c1-3-4-5-6-7-8-9-10-11-12-13-14-15-16(2)17-18/h18H,3-15H2,1-2H3/b17-16+. The van der Waals surface area contributed by atoms with Crippen LogP contribution >= 0.6 is 0 Å². The zero-order valence-electron chi connectivity index (χ0n) is 12.6. The van der Waals surface area contributed by atoms with Gasteiger partial charge < -0.3 is 5.21 Å². The van der Waals surface area contributed by atoms with Gasteiger partial charge in [0.15, 0.2) is 0 Å². The lowest BCUT2D eigenvalue weighted by atomic mass is 10.0. The van der Waals surface area contributed by atoms with Gasteiger partial charge in [0.2, 0.25) is 0 Å². The highest BCUT2D eigenvalue weighted by Crippen LogP contribution is 2.12. The molecule has 0 aromatic heterocycles. The molecule has 0 aliphatic carbocycles. The Balaban J connectivity index is 2.99. The van der Waals surface area contributed by atoms with E-state index < -0.39 is 0 Å². The van der Waals surface area contributed by atoms with E-state index in [4.69, 9.17) is 5.21 Å². The fraction of sp³-hybridized carbons (Fsp3) is 0.938. The summed E-state index contributed by atoms with van der Waals surface area (Å²) in [5.74, 6) is 0. The van der Waals surface area contributed by atoms with Crippen LogP contribution < -0.4 is 0 Å². The molecule has 0 heterocycles. The van der Waals surface area contributed by atoms with E-state index in [0.29, 0.717) is 0 Å². The zero-order valence-corrected chi connectivity index (χ0v) is 12.6. The molecule has 18 heavy (non-hydrogen) atoms. The average Bonchev–Trinajstić information content (AvgIpc) is 2.39. The van der Waals surface area contributed by atoms with Gasteiger partial charge in [-0.05, 0) is 19.8 Å². The van der Waals surface area contributed by atoms with Crippen LogP contribution in [0.1, 0.15) is 97.3 Å². The molecule has 0 aliphatic rings. The van der Waals surface area contributed by atoms with Crippen LogP contribution in [-0.2, 0) is 0 Å². The molecule has 2 nitrogen and oxygen atoms in total. The van der Waals surface area contributed by atoms with E-state index >= 15 is 0 Å². The molecule has 0 bridgehead atoms. The number of nitrogens with zero attached hydrogens (tertiary/aromatic N) is 1. The molecule has 1 N–H and O–H groups in total. The highest BCUT2D eigenvalue weighted by atomic mass is 16.4. The van der Waals surface area contributed by atoms with E-state index in [-0.39, 0.29) is 0 Å². The van der Waals surface area contributed by atoms with Gasteiger partial charge in [0, 0.05) is 0 Å². The van der Waals surface area contributed by atoms with Crippen molar-refractivity contribution >= 4 is 5.71 Å². The fourth-order valence-corrected chi connectivity index (χ4v) is 2.27. The van der Waals surface area contributed by atoms with Gasteiger partial charge in [-0.3, -0.25) is 0 Å². The van der Waals surface area contributed by atoms with Crippen LogP contribution in [0.5, 0.6) is 0 Å². The van der Waals surface area contributed by atoms with Crippen molar-refractivity contribution in [2.24, 2.45) is 5.16 Å². The molecule has 108 valence electrons. The highest BCUT2D eigenvalue weighted by molar-refractivity contribution is 5.81. The monoisotopic (exact) mass is 255 g/mol. The number of rotatable bonds is 13. The topological polar surface area (TPSA) is 32.6 Å². The lowest BCUT2D eigenvalue weighted by molar-refractivity contribution is 0.317. The van der Waals surface area contributed by atoms with Crippen molar-refractivity contribution < 1.29 is 5.21 Å². The lowest BCUT2D eigenvalue weighted by Crippen LogP contribution is -1.90. The quantitative estimate of drug-likeness (QED) is 0.188. The predicted molar refractivity (Wildman–Crippen MR) is 80.6 cm³/mol. The number of hydrogen-bond donors (Lipinski definition) is 1. The maximum atomic E-state index is 8.50. The van der Waals surface area contributed by atoms with Gasteiger partial charge in [0.25, 0.3) is 0 Å². The first kappa shape index (κ1) is 17.5. The molecule has 2 heteroatoms. The van der Waals surface area contributed by atoms with Crippen molar-refractivity contribution in [3.05, 3.63) is 0 Å². The van der Waals surface area contributed by atoms with Crippen LogP contribution in [0.3, 0.4) is 0 Å². The smallest absolute Gasteiger partial charge is 0.0540 e. The number of oxime groups is 1.